The van der Waals surface area contributed by atoms with Crippen LogP contribution in [0.2, 0.25) is 0 Å². The number of fused-ring (bicyclic) bond motifs is 5. The Morgan fingerprint density at radius 3 is 2.39 bits per heavy atom. The summed E-state index contributed by atoms with van der Waals surface area (Å²) in [6.07, 6.45) is 0. The number of para-hydroxylation sites is 1. The van der Waals surface area contributed by atoms with Crippen LogP contribution in [0.5, 0.6) is 0 Å². The van der Waals surface area contributed by atoms with E-state index in [9.17, 15) is 18.0 Å². The molecular weight excluding hydrogens is 538 g/mol. The molecule has 0 aliphatic carbocycles. The second kappa shape index (κ2) is 9.78. The summed E-state index contributed by atoms with van der Waals surface area (Å²) in [5, 5.41) is 1.01. The van der Waals surface area contributed by atoms with E-state index in [1.807, 2.05) is 56.3 Å². The topological polar surface area (TPSA) is 88.9 Å². The summed E-state index contributed by atoms with van der Waals surface area (Å²) in [6.45, 7) is 2.48. The van der Waals surface area contributed by atoms with Crippen molar-refractivity contribution in [3.8, 4) is 0 Å². The highest BCUT2D eigenvalue weighted by atomic mass is 32.2. The minimum absolute atomic E-state index is 0.0885. The number of esters is 1. The summed E-state index contributed by atoms with van der Waals surface area (Å²) in [7, 11) is 1.03. The van der Waals surface area contributed by atoms with E-state index in [2.05, 4.69) is 0 Å². The number of carbonyl (C=O) groups excluding carboxylic acids is 2. The highest BCUT2D eigenvalue weighted by molar-refractivity contribution is 7.90. The molecule has 0 fully saturated rings. The number of hydrogen-bond donors (Lipinski definition) is 0. The van der Waals surface area contributed by atoms with Crippen LogP contribution in [-0.4, -0.2) is 50.4 Å². The quantitative estimate of drug-likeness (QED) is 0.257. The van der Waals surface area contributed by atoms with Gasteiger partial charge in [0.05, 0.1) is 34.2 Å². The molecule has 4 aromatic carbocycles. The SMILES string of the molecule is COC(=O)c1cc2c(c3c4ccccc4n(S(=O)(=O)c4cccc(C)c4)c13)C(=O)N(Cc1ccc(N(C)C)cc1)C2. The molecule has 5 aromatic rings. The zero-order valence-electron chi connectivity index (χ0n) is 23.2. The van der Waals surface area contributed by atoms with Crippen molar-refractivity contribution in [3.63, 3.8) is 0 Å². The number of ether oxygens (including phenoxy) is 1. The summed E-state index contributed by atoms with van der Waals surface area (Å²) in [5.41, 5.74) is 4.49. The highest BCUT2D eigenvalue weighted by Crippen LogP contribution is 2.41. The number of anilines is 1. The minimum atomic E-state index is -4.16. The standard InChI is InChI=1S/C32H29N3O5S/c1-20-8-7-9-24(16-20)41(38,39)35-27-11-6-5-10-25(27)29-28-22(17-26(30(29)35)32(37)40-4)19-34(31(28)36)18-21-12-14-23(15-13-21)33(2)3/h5-17H,18-19H2,1-4H3. The van der Waals surface area contributed by atoms with Crippen LogP contribution < -0.4 is 4.90 Å². The van der Waals surface area contributed by atoms with Crippen LogP contribution in [0.25, 0.3) is 21.8 Å². The van der Waals surface area contributed by atoms with Crippen LogP contribution in [0, 0.1) is 6.92 Å². The molecule has 6 rings (SSSR count). The molecule has 0 spiro atoms. The first-order chi connectivity index (χ1) is 19.6. The molecule has 1 aromatic heterocycles. The first kappa shape index (κ1) is 26.6. The molecule has 0 radical (unpaired) electrons. The van der Waals surface area contributed by atoms with E-state index in [-0.39, 0.29) is 28.4 Å². The van der Waals surface area contributed by atoms with Gasteiger partial charge >= 0.3 is 5.97 Å². The van der Waals surface area contributed by atoms with Gasteiger partial charge in [-0.15, -0.1) is 0 Å². The molecular formula is C32H29N3O5S. The van der Waals surface area contributed by atoms with Gasteiger partial charge in [0.15, 0.2) is 0 Å². The van der Waals surface area contributed by atoms with Crippen LogP contribution in [0.1, 0.15) is 37.4 Å². The maximum atomic E-state index is 14.2. The van der Waals surface area contributed by atoms with Gasteiger partial charge in [-0.3, -0.25) is 4.79 Å². The molecule has 41 heavy (non-hydrogen) atoms. The van der Waals surface area contributed by atoms with Crippen molar-refractivity contribution in [1.29, 1.82) is 0 Å². The van der Waals surface area contributed by atoms with Gasteiger partial charge < -0.3 is 14.5 Å². The molecule has 208 valence electrons. The lowest BCUT2D eigenvalue weighted by atomic mass is 9.98. The molecule has 0 saturated carbocycles. The van der Waals surface area contributed by atoms with Gasteiger partial charge in [-0.2, -0.15) is 0 Å². The van der Waals surface area contributed by atoms with Crippen LogP contribution in [-0.2, 0) is 27.8 Å². The van der Waals surface area contributed by atoms with Gasteiger partial charge in [-0.1, -0.05) is 42.5 Å². The largest absolute Gasteiger partial charge is 0.465 e. The first-order valence-electron chi connectivity index (χ1n) is 13.2. The Kier molecular flexibility index (Phi) is 6.34. The highest BCUT2D eigenvalue weighted by Gasteiger charge is 2.36. The van der Waals surface area contributed by atoms with Crippen molar-refractivity contribution in [1.82, 2.24) is 8.87 Å². The maximum Gasteiger partial charge on any atom is 0.340 e. The van der Waals surface area contributed by atoms with Crippen molar-refractivity contribution in [2.45, 2.75) is 24.9 Å². The van der Waals surface area contributed by atoms with Crippen LogP contribution in [0.4, 0.5) is 5.69 Å². The zero-order valence-corrected chi connectivity index (χ0v) is 24.0. The lowest BCUT2D eigenvalue weighted by molar-refractivity contribution is 0.0602. The fourth-order valence-electron chi connectivity index (χ4n) is 5.63. The van der Waals surface area contributed by atoms with Gasteiger partial charge in [-0.05, 0) is 60.0 Å². The number of aromatic nitrogens is 1. The molecule has 1 aliphatic rings. The van der Waals surface area contributed by atoms with E-state index in [1.54, 1.807) is 47.4 Å². The van der Waals surface area contributed by atoms with E-state index in [0.29, 0.717) is 34.0 Å². The Morgan fingerprint density at radius 2 is 1.71 bits per heavy atom. The van der Waals surface area contributed by atoms with Crippen molar-refractivity contribution >= 4 is 49.4 Å². The number of amides is 1. The molecule has 2 heterocycles. The molecule has 1 amide bonds. The minimum Gasteiger partial charge on any atom is -0.465 e. The number of nitrogens with zero attached hydrogens (tertiary/aromatic N) is 3. The summed E-state index contributed by atoms with van der Waals surface area (Å²) in [5.74, 6) is -0.888. The number of rotatable bonds is 6. The summed E-state index contributed by atoms with van der Waals surface area (Å²) in [4.78, 5) is 31.0. The molecule has 1 aliphatic heterocycles. The Labute approximate surface area is 238 Å². The van der Waals surface area contributed by atoms with Crippen molar-refractivity contribution < 1.29 is 22.7 Å². The van der Waals surface area contributed by atoms with Gasteiger partial charge in [0.2, 0.25) is 0 Å². The van der Waals surface area contributed by atoms with E-state index < -0.39 is 16.0 Å². The Bertz CT molecular complexity index is 1970. The van der Waals surface area contributed by atoms with Crippen molar-refractivity contribution in [3.05, 3.63) is 107 Å². The fourth-order valence-corrected chi connectivity index (χ4v) is 7.28. The predicted molar refractivity (Wildman–Crippen MR) is 159 cm³/mol. The Hall–Kier alpha value is -4.63. The van der Waals surface area contributed by atoms with Gasteiger partial charge in [0.25, 0.3) is 15.9 Å². The number of hydrogen-bond acceptors (Lipinski definition) is 6. The number of aryl methyl sites for hydroxylation is 1. The number of methoxy groups -OCH3 is 1. The third kappa shape index (κ3) is 4.24. The Balaban J connectivity index is 1.59. The molecule has 0 unspecified atom stereocenters. The van der Waals surface area contributed by atoms with Crippen molar-refractivity contribution in [2.24, 2.45) is 0 Å². The fraction of sp³-hybridized carbons (Fsp3) is 0.188. The van der Waals surface area contributed by atoms with Crippen LogP contribution in [0.15, 0.2) is 83.8 Å². The second-order valence-electron chi connectivity index (χ2n) is 10.5. The van der Waals surface area contributed by atoms with Gasteiger partial charge in [0.1, 0.15) is 0 Å². The third-order valence-corrected chi connectivity index (χ3v) is 9.31. The molecule has 0 saturated heterocycles. The van der Waals surface area contributed by atoms with E-state index in [4.69, 9.17) is 4.74 Å². The molecule has 8 nitrogen and oxygen atoms in total. The number of benzene rings is 4. The van der Waals surface area contributed by atoms with E-state index in [1.165, 1.54) is 17.1 Å². The summed E-state index contributed by atoms with van der Waals surface area (Å²) >= 11 is 0. The Morgan fingerprint density at radius 1 is 0.976 bits per heavy atom. The van der Waals surface area contributed by atoms with Crippen LogP contribution >= 0.6 is 0 Å². The molecule has 0 atom stereocenters. The maximum absolute atomic E-state index is 14.2. The second-order valence-corrected chi connectivity index (χ2v) is 12.3. The van der Waals surface area contributed by atoms with Crippen LogP contribution in [0.3, 0.4) is 0 Å². The zero-order chi connectivity index (χ0) is 29.1. The van der Waals surface area contributed by atoms with Gasteiger partial charge in [0, 0.05) is 43.6 Å². The third-order valence-electron chi connectivity index (χ3n) is 7.60. The number of carbonyl (C=O) groups is 2. The summed E-state index contributed by atoms with van der Waals surface area (Å²) < 4.78 is 34.7. The normalized spacial score (nSPS) is 13.2. The monoisotopic (exact) mass is 567 g/mol. The average molecular weight is 568 g/mol. The average Bonchev–Trinajstić information content (AvgIpc) is 3.47. The predicted octanol–water partition coefficient (Wildman–Crippen LogP) is 5.35. The smallest absolute Gasteiger partial charge is 0.340 e. The lowest BCUT2D eigenvalue weighted by Crippen LogP contribution is -2.23. The first-order valence-corrected chi connectivity index (χ1v) is 14.6. The van der Waals surface area contributed by atoms with E-state index >= 15 is 0 Å². The van der Waals surface area contributed by atoms with Gasteiger partial charge in [-0.25, -0.2) is 17.2 Å². The van der Waals surface area contributed by atoms with Crippen molar-refractivity contribution in [2.75, 3.05) is 26.1 Å². The lowest BCUT2D eigenvalue weighted by Gasteiger charge is -2.17. The molecule has 0 bridgehead atoms. The summed E-state index contributed by atoms with van der Waals surface area (Å²) in [6, 6.07) is 23.2. The molecule has 0 N–H and O–H groups in total. The molecule has 9 heteroatoms. The van der Waals surface area contributed by atoms with E-state index in [0.717, 1.165) is 16.8 Å².